The van der Waals surface area contributed by atoms with Crippen molar-refractivity contribution in [2.24, 2.45) is 4.99 Å². The van der Waals surface area contributed by atoms with Gasteiger partial charge in [-0.3, -0.25) is 4.99 Å². The number of H-pyrrole nitrogens is 1. The molecule has 1 aromatic carbocycles. The fourth-order valence-corrected chi connectivity index (χ4v) is 2.20. The van der Waals surface area contributed by atoms with E-state index in [1.54, 1.807) is 0 Å². The van der Waals surface area contributed by atoms with Crippen molar-refractivity contribution in [3.8, 4) is 0 Å². The number of hydrogen-bond acceptors (Lipinski definition) is 3. The lowest BCUT2D eigenvalue weighted by Crippen LogP contribution is -2.20. The number of ether oxygens (including phenoxy) is 2. The van der Waals surface area contributed by atoms with Gasteiger partial charge in [0.25, 0.3) is 0 Å². The molecule has 0 radical (unpaired) electrons. The predicted octanol–water partition coefficient (Wildman–Crippen LogP) is 3.29. The summed E-state index contributed by atoms with van der Waals surface area (Å²) >= 11 is 0. The van der Waals surface area contributed by atoms with E-state index in [1.165, 1.54) is 16.5 Å². The second kappa shape index (κ2) is 7.22. The molecule has 1 aromatic heterocycles. The number of nitrogens with zero attached hydrogens (tertiary/aromatic N) is 1. The molecular formula is C16H22N2O2. The number of rotatable bonds is 7. The van der Waals surface area contributed by atoms with Crippen molar-refractivity contribution >= 4 is 17.1 Å². The SMILES string of the molecule is CCOC(CN=Cc1c[nH]c2c(C)cccc12)OCC. The van der Waals surface area contributed by atoms with Crippen LogP contribution in [0, 0.1) is 6.92 Å². The smallest absolute Gasteiger partial charge is 0.176 e. The van der Waals surface area contributed by atoms with Crippen LogP contribution >= 0.6 is 0 Å². The molecule has 0 spiro atoms. The standard InChI is InChI=1S/C16H22N2O2/c1-4-19-15(20-5-2)11-17-9-13-10-18-16-12(3)7-6-8-14(13)16/h6-10,15,18H,4-5,11H2,1-3H3. The van der Waals surface area contributed by atoms with Crippen molar-refractivity contribution in [3.05, 3.63) is 35.5 Å². The number of aliphatic imine (C=N–C) groups is 1. The lowest BCUT2D eigenvalue weighted by Gasteiger charge is -2.13. The van der Waals surface area contributed by atoms with Crippen molar-refractivity contribution < 1.29 is 9.47 Å². The van der Waals surface area contributed by atoms with Crippen LogP contribution in [0.25, 0.3) is 10.9 Å². The molecule has 0 fully saturated rings. The van der Waals surface area contributed by atoms with E-state index < -0.39 is 0 Å². The van der Waals surface area contributed by atoms with Gasteiger partial charge < -0.3 is 14.5 Å². The average Bonchev–Trinajstić information content (AvgIpc) is 2.84. The first-order valence-corrected chi connectivity index (χ1v) is 7.06. The maximum absolute atomic E-state index is 5.46. The van der Waals surface area contributed by atoms with Crippen LogP contribution in [-0.4, -0.2) is 37.2 Å². The molecular weight excluding hydrogens is 252 g/mol. The second-order valence-electron chi connectivity index (χ2n) is 4.58. The van der Waals surface area contributed by atoms with Gasteiger partial charge >= 0.3 is 0 Å². The molecule has 0 aliphatic carbocycles. The van der Waals surface area contributed by atoms with Gasteiger partial charge in [-0.15, -0.1) is 0 Å². The Labute approximate surface area is 119 Å². The molecule has 0 unspecified atom stereocenters. The highest BCUT2D eigenvalue weighted by molar-refractivity contribution is 6.00. The zero-order chi connectivity index (χ0) is 14.4. The van der Waals surface area contributed by atoms with Crippen LogP contribution in [0.2, 0.25) is 0 Å². The number of fused-ring (bicyclic) bond motifs is 1. The predicted molar refractivity (Wildman–Crippen MR) is 82.5 cm³/mol. The fourth-order valence-electron chi connectivity index (χ4n) is 2.20. The molecule has 0 bridgehead atoms. The molecule has 1 N–H and O–H groups in total. The number of para-hydroxylation sites is 1. The van der Waals surface area contributed by atoms with Crippen molar-refractivity contribution in [1.82, 2.24) is 4.98 Å². The molecule has 20 heavy (non-hydrogen) atoms. The number of aromatic nitrogens is 1. The van der Waals surface area contributed by atoms with Gasteiger partial charge in [-0.25, -0.2) is 0 Å². The largest absolute Gasteiger partial charge is 0.360 e. The van der Waals surface area contributed by atoms with Crippen LogP contribution in [-0.2, 0) is 9.47 Å². The zero-order valence-electron chi connectivity index (χ0n) is 12.3. The summed E-state index contributed by atoms with van der Waals surface area (Å²) in [6.07, 6.45) is 3.61. The number of hydrogen-bond donors (Lipinski definition) is 1. The lowest BCUT2D eigenvalue weighted by molar-refractivity contribution is -0.128. The maximum Gasteiger partial charge on any atom is 0.176 e. The Balaban J connectivity index is 2.07. The molecule has 4 nitrogen and oxygen atoms in total. The third-order valence-corrected chi connectivity index (χ3v) is 3.15. The summed E-state index contributed by atoms with van der Waals surface area (Å²) in [5.41, 5.74) is 3.50. The summed E-state index contributed by atoms with van der Waals surface area (Å²) < 4.78 is 10.9. The molecule has 4 heteroatoms. The van der Waals surface area contributed by atoms with Crippen molar-refractivity contribution in [1.29, 1.82) is 0 Å². The van der Waals surface area contributed by atoms with Crippen LogP contribution in [0.1, 0.15) is 25.0 Å². The molecule has 0 aliphatic heterocycles. The zero-order valence-corrected chi connectivity index (χ0v) is 12.3. The van der Waals surface area contributed by atoms with Gasteiger partial charge in [-0.05, 0) is 26.3 Å². The van der Waals surface area contributed by atoms with Gasteiger partial charge in [0.05, 0.1) is 6.54 Å². The van der Waals surface area contributed by atoms with Crippen molar-refractivity contribution in [2.45, 2.75) is 27.1 Å². The van der Waals surface area contributed by atoms with Gasteiger partial charge in [0, 0.05) is 42.1 Å². The lowest BCUT2D eigenvalue weighted by atomic mass is 10.1. The maximum atomic E-state index is 5.46. The minimum absolute atomic E-state index is 0.256. The van der Waals surface area contributed by atoms with E-state index in [2.05, 4.69) is 35.1 Å². The Kier molecular flexibility index (Phi) is 5.32. The summed E-state index contributed by atoms with van der Waals surface area (Å²) in [4.78, 5) is 7.73. The molecule has 1 heterocycles. The Hall–Kier alpha value is -1.65. The van der Waals surface area contributed by atoms with E-state index in [1.807, 2.05) is 26.3 Å². The topological polar surface area (TPSA) is 46.6 Å². The summed E-state index contributed by atoms with van der Waals surface area (Å²) in [6.45, 7) is 7.79. The number of aryl methyl sites for hydroxylation is 1. The highest BCUT2D eigenvalue weighted by Gasteiger charge is 2.06. The first-order chi connectivity index (χ1) is 9.76. The first kappa shape index (κ1) is 14.8. The van der Waals surface area contributed by atoms with Gasteiger partial charge in [0.2, 0.25) is 0 Å². The summed E-state index contributed by atoms with van der Waals surface area (Å²) in [5.74, 6) is 0. The molecule has 2 rings (SSSR count). The van der Waals surface area contributed by atoms with E-state index >= 15 is 0 Å². The number of nitrogens with one attached hydrogen (secondary N) is 1. The van der Waals surface area contributed by atoms with Gasteiger partial charge in [0.1, 0.15) is 0 Å². The Morgan fingerprint density at radius 2 is 2.00 bits per heavy atom. The van der Waals surface area contributed by atoms with Gasteiger partial charge in [-0.2, -0.15) is 0 Å². The van der Waals surface area contributed by atoms with Crippen molar-refractivity contribution in [2.75, 3.05) is 19.8 Å². The van der Waals surface area contributed by atoms with Crippen LogP contribution in [0.4, 0.5) is 0 Å². The minimum atomic E-state index is -0.256. The van der Waals surface area contributed by atoms with Crippen LogP contribution in [0.5, 0.6) is 0 Å². The molecule has 108 valence electrons. The van der Waals surface area contributed by atoms with E-state index in [0.717, 1.165) is 5.56 Å². The van der Waals surface area contributed by atoms with Gasteiger partial charge in [-0.1, -0.05) is 18.2 Å². The Morgan fingerprint density at radius 1 is 1.25 bits per heavy atom. The highest BCUT2D eigenvalue weighted by atomic mass is 16.7. The minimum Gasteiger partial charge on any atom is -0.360 e. The molecule has 2 aromatic rings. The monoisotopic (exact) mass is 274 g/mol. The molecule has 0 atom stereocenters. The van der Waals surface area contributed by atoms with Crippen molar-refractivity contribution in [3.63, 3.8) is 0 Å². The van der Waals surface area contributed by atoms with Crippen LogP contribution in [0.15, 0.2) is 29.4 Å². The van der Waals surface area contributed by atoms with E-state index in [4.69, 9.17) is 9.47 Å². The first-order valence-electron chi connectivity index (χ1n) is 7.06. The molecule has 0 amide bonds. The third kappa shape index (κ3) is 3.46. The van der Waals surface area contributed by atoms with E-state index in [-0.39, 0.29) is 6.29 Å². The Bertz CT molecular complexity index is 569. The quantitative estimate of drug-likeness (QED) is 0.622. The van der Waals surface area contributed by atoms with E-state index in [0.29, 0.717) is 19.8 Å². The summed E-state index contributed by atoms with van der Waals surface area (Å²) in [7, 11) is 0. The highest BCUT2D eigenvalue weighted by Crippen LogP contribution is 2.19. The van der Waals surface area contributed by atoms with E-state index in [9.17, 15) is 0 Å². The summed E-state index contributed by atoms with van der Waals surface area (Å²) in [6, 6.07) is 6.26. The Morgan fingerprint density at radius 3 is 2.70 bits per heavy atom. The van der Waals surface area contributed by atoms with Gasteiger partial charge in [0.15, 0.2) is 6.29 Å². The molecule has 0 saturated heterocycles. The summed E-state index contributed by atoms with van der Waals surface area (Å²) in [5, 5.41) is 1.19. The second-order valence-corrected chi connectivity index (χ2v) is 4.58. The molecule has 0 aliphatic rings. The number of benzene rings is 1. The van der Waals surface area contributed by atoms with Crippen LogP contribution in [0.3, 0.4) is 0 Å². The third-order valence-electron chi connectivity index (χ3n) is 3.15. The normalized spacial score (nSPS) is 12.0. The molecule has 0 saturated carbocycles. The number of aromatic amines is 1. The average molecular weight is 274 g/mol. The van der Waals surface area contributed by atoms with Crippen LogP contribution < -0.4 is 0 Å². The fraction of sp³-hybridized carbons (Fsp3) is 0.438.